The van der Waals surface area contributed by atoms with Gasteiger partial charge in [0.2, 0.25) is 0 Å². The Morgan fingerprint density at radius 3 is 2.61 bits per heavy atom. The number of fused-ring (bicyclic) bond motifs is 1. The van der Waals surface area contributed by atoms with Crippen LogP contribution >= 0.6 is 22.9 Å². The van der Waals surface area contributed by atoms with Crippen molar-refractivity contribution in [2.75, 3.05) is 51.4 Å². The lowest BCUT2D eigenvalue weighted by molar-refractivity contribution is 0.0376. The second-order valence-corrected chi connectivity index (χ2v) is 9.22. The number of aromatic nitrogens is 1. The van der Waals surface area contributed by atoms with Crippen LogP contribution in [0.3, 0.4) is 0 Å². The molecule has 0 N–H and O–H groups in total. The Labute approximate surface area is 201 Å². The molecule has 0 aliphatic carbocycles. The van der Waals surface area contributed by atoms with Crippen molar-refractivity contribution in [1.82, 2.24) is 9.88 Å². The minimum absolute atomic E-state index is 0.235. The van der Waals surface area contributed by atoms with Crippen LogP contribution in [0.1, 0.15) is 32.7 Å². The zero-order chi connectivity index (χ0) is 23.4. The first kappa shape index (κ1) is 23.6. The molecule has 0 atom stereocenters. The Morgan fingerprint density at radius 2 is 1.91 bits per heavy atom. The second-order valence-electron chi connectivity index (χ2n) is 7.84. The highest BCUT2D eigenvalue weighted by Gasteiger charge is 2.26. The zero-order valence-corrected chi connectivity index (χ0v) is 20.2. The van der Waals surface area contributed by atoms with Gasteiger partial charge in [0.05, 0.1) is 46.7 Å². The fraction of sp³-hybridized carbons (Fsp3) is 0.375. The third kappa shape index (κ3) is 5.19. The molecule has 1 saturated heterocycles. The van der Waals surface area contributed by atoms with Gasteiger partial charge < -0.3 is 9.47 Å². The molecule has 1 aliphatic rings. The smallest absolute Gasteiger partial charge is 0.338 e. The highest BCUT2D eigenvalue weighted by molar-refractivity contribution is 7.23. The van der Waals surface area contributed by atoms with Crippen LogP contribution in [-0.2, 0) is 9.47 Å². The van der Waals surface area contributed by atoms with Crippen molar-refractivity contribution in [3.05, 3.63) is 58.1 Å². The molecule has 1 amide bonds. The molecule has 0 spiro atoms. The number of carbonyl (C=O) groups excluding carboxylic acids is 2. The van der Waals surface area contributed by atoms with E-state index in [1.54, 1.807) is 29.2 Å². The van der Waals surface area contributed by atoms with Crippen LogP contribution in [0.2, 0.25) is 5.02 Å². The van der Waals surface area contributed by atoms with E-state index in [0.717, 1.165) is 55.0 Å². The second kappa shape index (κ2) is 10.6. The number of thiazole rings is 1. The van der Waals surface area contributed by atoms with E-state index in [1.807, 2.05) is 19.1 Å². The Hall–Kier alpha value is -2.52. The third-order valence-corrected chi connectivity index (χ3v) is 7.22. The van der Waals surface area contributed by atoms with Gasteiger partial charge in [-0.3, -0.25) is 14.6 Å². The summed E-state index contributed by atoms with van der Waals surface area (Å²) < 4.78 is 11.2. The molecule has 2 heterocycles. The van der Waals surface area contributed by atoms with Gasteiger partial charge in [0, 0.05) is 26.2 Å². The van der Waals surface area contributed by atoms with Crippen LogP contribution in [0.15, 0.2) is 36.4 Å². The van der Waals surface area contributed by atoms with Crippen LogP contribution in [-0.4, -0.2) is 68.3 Å². The Kier molecular flexibility index (Phi) is 7.60. The number of hydrogen-bond donors (Lipinski definition) is 0. The summed E-state index contributed by atoms with van der Waals surface area (Å²) in [5.74, 6) is -0.832. The van der Waals surface area contributed by atoms with E-state index in [1.165, 1.54) is 18.4 Å². The SMILES string of the molecule is COC(=O)c1ccccc1C(=O)N(CCCN1CCOCC1)c1nc2c(C)ccc(Cl)c2s1. The maximum atomic E-state index is 13.7. The molecule has 1 fully saturated rings. The van der Waals surface area contributed by atoms with Crippen molar-refractivity contribution in [3.63, 3.8) is 0 Å². The van der Waals surface area contributed by atoms with Crippen LogP contribution in [0.5, 0.6) is 0 Å². The number of methoxy groups -OCH3 is 1. The summed E-state index contributed by atoms with van der Waals surface area (Å²) >= 11 is 7.81. The van der Waals surface area contributed by atoms with Gasteiger partial charge in [0.15, 0.2) is 5.13 Å². The first-order valence-corrected chi connectivity index (χ1v) is 12.0. The fourth-order valence-electron chi connectivity index (χ4n) is 3.87. The number of anilines is 1. The number of carbonyl (C=O) groups is 2. The molecule has 0 bridgehead atoms. The molecule has 0 radical (unpaired) electrons. The van der Waals surface area contributed by atoms with E-state index in [9.17, 15) is 9.59 Å². The lowest BCUT2D eigenvalue weighted by atomic mass is 10.1. The molecule has 7 nitrogen and oxygen atoms in total. The molecule has 0 unspecified atom stereocenters. The van der Waals surface area contributed by atoms with E-state index in [4.69, 9.17) is 26.1 Å². The van der Waals surface area contributed by atoms with Crippen molar-refractivity contribution in [2.45, 2.75) is 13.3 Å². The summed E-state index contributed by atoms with van der Waals surface area (Å²) in [6.45, 7) is 6.50. The summed E-state index contributed by atoms with van der Waals surface area (Å²) in [6.07, 6.45) is 0.759. The van der Waals surface area contributed by atoms with Crippen molar-refractivity contribution in [3.8, 4) is 0 Å². The van der Waals surface area contributed by atoms with Gasteiger partial charge in [-0.1, -0.05) is 41.1 Å². The molecule has 9 heteroatoms. The van der Waals surface area contributed by atoms with Crippen LogP contribution < -0.4 is 4.90 Å². The molecule has 2 aromatic carbocycles. The lowest BCUT2D eigenvalue weighted by Crippen LogP contribution is -2.39. The quantitative estimate of drug-likeness (QED) is 0.459. The maximum absolute atomic E-state index is 13.7. The number of benzene rings is 2. The fourth-order valence-corrected chi connectivity index (χ4v) is 5.21. The van der Waals surface area contributed by atoms with E-state index in [0.29, 0.717) is 16.7 Å². The van der Waals surface area contributed by atoms with Gasteiger partial charge in [-0.2, -0.15) is 0 Å². The molecule has 33 heavy (non-hydrogen) atoms. The number of ether oxygens (including phenoxy) is 2. The minimum atomic E-state index is -0.546. The number of nitrogens with zero attached hydrogens (tertiary/aromatic N) is 3. The predicted octanol–water partition coefficient (Wildman–Crippen LogP) is 4.41. The molecule has 1 aromatic heterocycles. The summed E-state index contributed by atoms with van der Waals surface area (Å²) in [7, 11) is 1.31. The zero-order valence-electron chi connectivity index (χ0n) is 18.7. The normalized spacial score (nSPS) is 14.4. The van der Waals surface area contributed by atoms with E-state index in [-0.39, 0.29) is 17.0 Å². The minimum Gasteiger partial charge on any atom is -0.465 e. The van der Waals surface area contributed by atoms with Crippen molar-refractivity contribution >= 4 is 50.2 Å². The number of amides is 1. The van der Waals surface area contributed by atoms with E-state index < -0.39 is 5.97 Å². The summed E-state index contributed by atoms with van der Waals surface area (Å²) in [5, 5.41) is 1.17. The average Bonchev–Trinajstić information content (AvgIpc) is 3.30. The van der Waals surface area contributed by atoms with Crippen LogP contribution in [0.4, 0.5) is 5.13 Å². The number of aryl methyl sites for hydroxylation is 1. The predicted molar refractivity (Wildman–Crippen MR) is 131 cm³/mol. The Morgan fingerprint density at radius 1 is 1.18 bits per heavy atom. The van der Waals surface area contributed by atoms with E-state index >= 15 is 0 Å². The van der Waals surface area contributed by atoms with Crippen molar-refractivity contribution in [2.24, 2.45) is 0 Å². The number of halogens is 1. The Bertz CT molecular complexity index is 1120. The summed E-state index contributed by atoms with van der Waals surface area (Å²) in [4.78, 5) is 34.8. The highest BCUT2D eigenvalue weighted by Crippen LogP contribution is 2.36. The van der Waals surface area contributed by atoms with E-state index in [2.05, 4.69) is 4.90 Å². The molecule has 1 aliphatic heterocycles. The number of morpholine rings is 1. The molecule has 4 rings (SSSR count). The van der Waals surface area contributed by atoms with Crippen LogP contribution in [0, 0.1) is 6.92 Å². The van der Waals surface area contributed by atoms with Crippen molar-refractivity contribution in [1.29, 1.82) is 0 Å². The van der Waals surface area contributed by atoms with Gasteiger partial charge in [-0.05, 0) is 37.1 Å². The molecular weight excluding hydrogens is 462 g/mol. The average molecular weight is 488 g/mol. The largest absolute Gasteiger partial charge is 0.465 e. The lowest BCUT2D eigenvalue weighted by Gasteiger charge is -2.28. The first-order chi connectivity index (χ1) is 16.0. The summed E-state index contributed by atoms with van der Waals surface area (Å²) in [6, 6.07) is 10.5. The highest BCUT2D eigenvalue weighted by atomic mass is 35.5. The number of rotatable bonds is 7. The maximum Gasteiger partial charge on any atom is 0.338 e. The standard InChI is InChI=1S/C24H26ClN3O4S/c1-16-8-9-19(25)21-20(16)26-24(33-21)28(11-5-10-27-12-14-32-15-13-27)22(29)17-6-3-4-7-18(17)23(30)31-2/h3-4,6-9H,5,10-15H2,1-2H3. The van der Waals surface area contributed by atoms with Gasteiger partial charge >= 0.3 is 5.97 Å². The molecule has 174 valence electrons. The molecular formula is C24H26ClN3O4S. The van der Waals surface area contributed by atoms with Gasteiger partial charge in [-0.15, -0.1) is 0 Å². The Balaban J connectivity index is 1.67. The van der Waals surface area contributed by atoms with Gasteiger partial charge in [-0.25, -0.2) is 9.78 Å². The van der Waals surface area contributed by atoms with Gasteiger partial charge in [0.25, 0.3) is 5.91 Å². The molecule has 0 saturated carbocycles. The number of hydrogen-bond acceptors (Lipinski definition) is 7. The van der Waals surface area contributed by atoms with Crippen molar-refractivity contribution < 1.29 is 19.1 Å². The van der Waals surface area contributed by atoms with Gasteiger partial charge in [0.1, 0.15) is 0 Å². The number of esters is 1. The third-order valence-electron chi connectivity index (χ3n) is 5.68. The molecule has 3 aromatic rings. The summed E-state index contributed by atoms with van der Waals surface area (Å²) in [5.41, 5.74) is 2.30. The first-order valence-electron chi connectivity index (χ1n) is 10.8. The monoisotopic (exact) mass is 487 g/mol. The van der Waals surface area contributed by atoms with Crippen LogP contribution in [0.25, 0.3) is 10.2 Å². The topological polar surface area (TPSA) is 72.0 Å².